The average molecular weight is 334 g/mol. The Kier molecular flexibility index (Phi) is 4.58. The lowest BCUT2D eigenvalue weighted by atomic mass is 10.1. The number of piperazine rings is 1. The number of rotatable bonds is 4. The third kappa shape index (κ3) is 2.67. The summed E-state index contributed by atoms with van der Waals surface area (Å²) in [6.07, 6.45) is 0.819. The van der Waals surface area contributed by atoms with E-state index in [1.54, 1.807) is 7.11 Å². The molecule has 1 aromatic rings. The smallest absolute Gasteiger partial charge is 0.239 e. The van der Waals surface area contributed by atoms with Gasteiger partial charge in [0.1, 0.15) is 0 Å². The molecule has 0 aromatic carbocycles. The van der Waals surface area contributed by atoms with E-state index < -0.39 is 0 Å². The molecule has 7 heteroatoms. The lowest BCUT2D eigenvalue weighted by molar-refractivity contribution is -0.129. The lowest BCUT2D eigenvalue weighted by Gasteiger charge is -2.34. The quantitative estimate of drug-likeness (QED) is 0.909. The van der Waals surface area contributed by atoms with Crippen molar-refractivity contribution in [1.82, 2.24) is 14.6 Å². The van der Waals surface area contributed by atoms with E-state index in [0.29, 0.717) is 12.4 Å². The van der Waals surface area contributed by atoms with Crippen LogP contribution >= 0.6 is 27.5 Å². The number of nitrogens with one attached hydrogen (secondary N) is 1. The SMILES string of the molecule is CC[C@H]1C(=O)NCCN1Cc1snc(OC)c1Br. The van der Waals surface area contributed by atoms with Gasteiger partial charge >= 0.3 is 0 Å². The van der Waals surface area contributed by atoms with Crippen LogP contribution in [0.5, 0.6) is 5.88 Å². The summed E-state index contributed by atoms with van der Waals surface area (Å²) >= 11 is 4.90. The first-order valence-electron chi connectivity index (χ1n) is 5.87. The number of amides is 1. The molecular weight excluding hydrogens is 318 g/mol. The summed E-state index contributed by atoms with van der Waals surface area (Å²) in [5.74, 6) is 0.737. The number of halogens is 1. The summed E-state index contributed by atoms with van der Waals surface area (Å²) in [7, 11) is 1.60. The van der Waals surface area contributed by atoms with Gasteiger partial charge < -0.3 is 10.1 Å². The van der Waals surface area contributed by atoms with Crippen molar-refractivity contribution < 1.29 is 9.53 Å². The van der Waals surface area contributed by atoms with Crippen LogP contribution in [0.4, 0.5) is 0 Å². The van der Waals surface area contributed by atoms with Gasteiger partial charge in [-0.25, -0.2) is 0 Å². The van der Waals surface area contributed by atoms with E-state index in [4.69, 9.17) is 4.74 Å². The summed E-state index contributed by atoms with van der Waals surface area (Å²) in [4.78, 5) is 15.1. The second-order valence-corrected chi connectivity index (χ2v) is 5.77. The standard InChI is InChI=1S/C11H16BrN3O2S/c1-3-7-10(16)13-4-5-15(7)6-8-9(12)11(17-2)14-18-8/h7H,3-6H2,1-2H3,(H,13,16)/t7-/m0/s1. The van der Waals surface area contributed by atoms with Gasteiger partial charge in [0.25, 0.3) is 0 Å². The van der Waals surface area contributed by atoms with Gasteiger partial charge in [-0.1, -0.05) is 6.92 Å². The summed E-state index contributed by atoms with van der Waals surface area (Å²) in [5.41, 5.74) is 0. The maximum atomic E-state index is 11.8. The van der Waals surface area contributed by atoms with Gasteiger partial charge in [0, 0.05) is 19.6 Å². The number of aromatic nitrogens is 1. The Morgan fingerprint density at radius 3 is 3.06 bits per heavy atom. The number of hydrogen-bond acceptors (Lipinski definition) is 5. The second kappa shape index (κ2) is 5.99. The largest absolute Gasteiger partial charge is 0.480 e. The van der Waals surface area contributed by atoms with Crippen LogP contribution in [-0.2, 0) is 11.3 Å². The van der Waals surface area contributed by atoms with Gasteiger partial charge in [-0.3, -0.25) is 9.69 Å². The molecule has 100 valence electrons. The van der Waals surface area contributed by atoms with E-state index in [9.17, 15) is 4.79 Å². The molecule has 1 aliphatic heterocycles. The average Bonchev–Trinajstić information content (AvgIpc) is 2.71. The maximum Gasteiger partial charge on any atom is 0.239 e. The van der Waals surface area contributed by atoms with E-state index in [1.807, 2.05) is 6.92 Å². The fourth-order valence-electron chi connectivity index (χ4n) is 2.10. The number of methoxy groups -OCH3 is 1. The Hall–Kier alpha value is -0.660. The minimum atomic E-state index is -0.0428. The van der Waals surface area contributed by atoms with Crippen LogP contribution in [0.2, 0.25) is 0 Å². The van der Waals surface area contributed by atoms with Gasteiger partial charge in [-0.05, 0) is 33.9 Å². The van der Waals surface area contributed by atoms with E-state index in [0.717, 1.165) is 28.9 Å². The Bertz CT molecular complexity index is 438. The monoisotopic (exact) mass is 333 g/mol. The molecule has 0 unspecified atom stereocenters. The van der Waals surface area contributed by atoms with Gasteiger partial charge in [0.15, 0.2) is 0 Å². The highest BCUT2D eigenvalue weighted by Gasteiger charge is 2.29. The number of carbonyl (C=O) groups is 1. The highest BCUT2D eigenvalue weighted by molar-refractivity contribution is 9.10. The van der Waals surface area contributed by atoms with Crippen molar-refractivity contribution in [2.75, 3.05) is 20.2 Å². The first-order chi connectivity index (χ1) is 8.67. The third-order valence-electron chi connectivity index (χ3n) is 3.04. The molecule has 5 nitrogen and oxygen atoms in total. The Morgan fingerprint density at radius 1 is 1.67 bits per heavy atom. The fourth-order valence-corrected chi connectivity index (χ4v) is 3.56. The Balaban J connectivity index is 2.11. The molecule has 2 heterocycles. The summed E-state index contributed by atoms with van der Waals surface area (Å²) in [5, 5.41) is 2.90. The number of ether oxygens (including phenoxy) is 1. The number of nitrogens with zero attached hydrogens (tertiary/aromatic N) is 2. The van der Waals surface area contributed by atoms with Gasteiger partial charge in [-0.15, -0.1) is 0 Å². The van der Waals surface area contributed by atoms with Crippen LogP contribution in [0.3, 0.4) is 0 Å². The minimum absolute atomic E-state index is 0.0428. The normalized spacial score (nSPS) is 20.8. The molecule has 0 saturated carbocycles. The molecule has 0 aliphatic carbocycles. The van der Waals surface area contributed by atoms with Crippen molar-refractivity contribution in [3.63, 3.8) is 0 Å². The number of hydrogen-bond donors (Lipinski definition) is 1. The summed E-state index contributed by atoms with van der Waals surface area (Å²) < 4.78 is 10.3. The third-order valence-corrected chi connectivity index (χ3v) is 4.93. The zero-order chi connectivity index (χ0) is 13.1. The summed E-state index contributed by atoms with van der Waals surface area (Å²) in [6.45, 7) is 4.35. The molecule has 1 aromatic heterocycles. The predicted octanol–water partition coefficient (Wildman–Crippen LogP) is 1.62. The minimum Gasteiger partial charge on any atom is -0.480 e. The molecule has 1 atom stereocenters. The van der Waals surface area contributed by atoms with Gasteiger partial charge in [0.05, 0.1) is 22.5 Å². The highest BCUT2D eigenvalue weighted by Crippen LogP contribution is 2.32. The first kappa shape index (κ1) is 13.8. The van der Waals surface area contributed by atoms with Crippen molar-refractivity contribution in [1.29, 1.82) is 0 Å². The number of carbonyl (C=O) groups excluding carboxylic acids is 1. The van der Waals surface area contributed by atoms with E-state index in [1.165, 1.54) is 11.5 Å². The molecule has 2 rings (SSSR count). The van der Waals surface area contributed by atoms with Crippen molar-refractivity contribution in [3.05, 3.63) is 9.35 Å². The zero-order valence-corrected chi connectivity index (χ0v) is 12.8. The summed E-state index contributed by atoms with van der Waals surface area (Å²) in [6, 6.07) is -0.0428. The van der Waals surface area contributed by atoms with Crippen LogP contribution in [0.25, 0.3) is 0 Å². The van der Waals surface area contributed by atoms with Crippen LogP contribution in [-0.4, -0.2) is 41.4 Å². The van der Waals surface area contributed by atoms with Gasteiger partial charge in [-0.2, -0.15) is 4.37 Å². The van der Waals surface area contributed by atoms with E-state index in [-0.39, 0.29) is 11.9 Å². The molecule has 1 fully saturated rings. The first-order valence-corrected chi connectivity index (χ1v) is 7.43. The van der Waals surface area contributed by atoms with Crippen molar-refractivity contribution in [2.45, 2.75) is 25.9 Å². The Morgan fingerprint density at radius 2 is 2.44 bits per heavy atom. The molecule has 0 bridgehead atoms. The Labute approximate surface area is 119 Å². The predicted molar refractivity (Wildman–Crippen MR) is 73.9 cm³/mol. The maximum absolute atomic E-state index is 11.8. The van der Waals surface area contributed by atoms with Crippen LogP contribution in [0.15, 0.2) is 4.47 Å². The highest BCUT2D eigenvalue weighted by atomic mass is 79.9. The molecule has 0 radical (unpaired) electrons. The lowest BCUT2D eigenvalue weighted by Crippen LogP contribution is -2.54. The topological polar surface area (TPSA) is 54.5 Å². The molecule has 1 N–H and O–H groups in total. The zero-order valence-electron chi connectivity index (χ0n) is 10.4. The van der Waals surface area contributed by atoms with Crippen LogP contribution in [0, 0.1) is 0 Å². The molecule has 1 saturated heterocycles. The van der Waals surface area contributed by atoms with Crippen LogP contribution in [0.1, 0.15) is 18.2 Å². The molecule has 0 spiro atoms. The molecule has 1 amide bonds. The molecule has 18 heavy (non-hydrogen) atoms. The molecule has 1 aliphatic rings. The van der Waals surface area contributed by atoms with Crippen LogP contribution < -0.4 is 10.1 Å². The van der Waals surface area contributed by atoms with Crippen molar-refractivity contribution in [3.8, 4) is 5.88 Å². The fraction of sp³-hybridized carbons (Fsp3) is 0.636. The van der Waals surface area contributed by atoms with Crippen molar-refractivity contribution in [2.24, 2.45) is 0 Å². The van der Waals surface area contributed by atoms with Crippen molar-refractivity contribution >= 4 is 33.4 Å². The second-order valence-electron chi connectivity index (χ2n) is 4.11. The van der Waals surface area contributed by atoms with E-state index in [2.05, 4.69) is 30.5 Å². The van der Waals surface area contributed by atoms with E-state index >= 15 is 0 Å². The van der Waals surface area contributed by atoms with Gasteiger partial charge in [0.2, 0.25) is 11.8 Å². The molecular formula is C11H16BrN3O2S.